The van der Waals surface area contributed by atoms with E-state index < -0.39 is 0 Å². The van der Waals surface area contributed by atoms with E-state index in [0.717, 1.165) is 35.5 Å². The van der Waals surface area contributed by atoms with Gasteiger partial charge in [0, 0.05) is 25.2 Å². The first-order chi connectivity index (χ1) is 13.3. The molecule has 3 heterocycles. The van der Waals surface area contributed by atoms with Crippen LogP contribution in [0.5, 0.6) is 0 Å². The van der Waals surface area contributed by atoms with Crippen LogP contribution in [0.15, 0.2) is 30.3 Å². The van der Waals surface area contributed by atoms with Gasteiger partial charge in [0.05, 0.1) is 18.6 Å². The van der Waals surface area contributed by atoms with Crippen LogP contribution in [0.2, 0.25) is 0 Å². The number of rotatable bonds is 3. The Morgan fingerprint density at radius 2 is 1.93 bits per heavy atom. The molecule has 1 aromatic carbocycles. The Morgan fingerprint density at radius 1 is 1.15 bits per heavy atom. The first-order valence-corrected chi connectivity index (χ1v) is 9.08. The highest BCUT2D eigenvalue weighted by Crippen LogP contribution is 2.30. The summed E-state index contributed by atoms with van der Waals surface area (Å²) in [5.74, 6) is 7.15. The van der Waals surface area contributed by atoms with E-state index in [2.05, 4.69) is 21.8 Å². The second-order valence-corrected chi connectivity index (χ2v) is 6.16. The highest BCUT2D eigenvalue weighted by atomic mass is 16.5. The lowest BCUT2D eigenvalue weighted by Gasteiger charge is -2.28. The van der Waals surface area contributed by atoms with E-state index in [1.165, 1.54) is 0 Å². The molecule has 0 amide bonds. The highest BCUT2D eigenvalue weighted by Gasteiger charge is 2.23. The Kier molecular flexibility index (Phi) is 5.01. The van der Waals surface area contributed by atoms with Crippen molar-refractivity contribution in [3.8, 4) is 23.2 Å². The van der Waals surface area contributed by atoms with Crippen molar-refractivity contribution in [3.05, 3.63) is 36.0 Å². The van der Waals surface area contributed by atoms with Crippen LogP contribution in [-0.2, 0) is 11.3 Å². The lowest BCUT2D eigenvalue weighted by molar-refractivity contribution is 0.122. The van der Waals surface area contributed by atoms with Crippen LogP contribution >= 0.6 is 0 Å². The van der Waals surface area contributed by atoms with Gasteiger partial charge < -0.3 is 14.7 Å². The van der Waals surface area contributed by atoms with Crippen molar-refractivity contribution in [3.63, 3.8) is 0 Å². The molecular formula is C20H21N5O2. The molecule has 27 heavy (non-hydrogen) atoms. The van der Waals surface area contributed by atoms with E-state index in [-0.39, 0.29) is 6.61 Å². The van der Waals surface area contributed by atoms with Crippen LogP contribution in [0, 0.1) is 11.8 Å². The normalized spacial score (nSPS) is 14.2. The molecule has 0 unspecified atom stereocenters. The summed E-state index contributed by atoms with van der Waals surface area (Å²) >= 11 is 0. The predicted molar refractivity (Wildman–Crippen MR) is 103 cm³/mol. The van der Waals surface area contributed by atoms with Gasteiger partial charge in [0.25, 0.3) is 0 Å². The van der Waals surface area contributed by atoms with Crippen LogP contribution in [0.3, 0.4) is 0 Å². The zero-order valence-electron chi connectivity index (χ0n) is 15.2. The molecule has 0 radical (unpaired) electrons. The quantitative estimate of drug-likeness (QED) is 0.714. The molecule has 0 atom stereocenters. The lowest BCUT2D eigenvalue weighted by atomic mass is 10.2. The van der Waals surface area contributed by atoms with Gasteiger partial charge in [-0.05, 0) is 12.8 Å². The van der Waals surface area contributed by atoms with Gasteiger partial charge >= 0.3 is 0 Å². The average molecular weight is 363 g/mol. The van der Waals surface area contributed by atoms with Gasteiger partial charge in [0.15, 0.2) is 11.5 Å². The standard InChI is InChI=1S/C20H21N5O2/c1-2-25-20-17(16(23-25)9-6-12-26)19(24-10-13-27-14-11-24)21-18(22-20)15-7-4-3-5-8-15/h3-5,7-8,26H,2,10-14H2,1H3. The largest absolute Gasteiger partial charge is 0.384 e. The third-order valence-electron chi connectivity index (χ3n) is 4.50. The Bertz CT molecular complexity index is 998. The van der Waals surface area contributed by atoms with Crippen molar-refractivity contribution in [2.45, 2.75) is 13.5 Å². The maximum Gasteiger partial charge on any atom is 0.165 e. The third kappa shape index (κ3) is 3.37. The maximum absolute atomic E-state index is 9.11. The Morgan fingerprint density at radius 3 is 2.63 bits per heavy atom. The summed E-state index contributed by atoms with van der Waals surface area (Å²) < 4.78 is 7.34. The van der Waals surface area contributed by atoms with Crippen molar-refractivity contribution in [1.82, 2.24) is 19.7 Å². The topological polar surface area (TPSA) is 76.3 Å². The molecule has 7 heteroatoms. The van der Waals surface area contributed by atoms with Crippen molar-refractivity contribution in [2.24, 2.45) is 0 Å². The van der Waals surface area contributed by atoms with E-state index >= 15 is 0 Å². The number of hydrogen-bond donors (Lipinski definition) is 1. The number of aliphatic hydroxyl groups is 1. The number of aryl methyl sites for hydroxylation is 1. The molecule has 3 aromatic rings. The molecule has 1 N–H and O–H groups in total. The molecule has 1 fully saturated rings. The van der Waals surface area contributed by atoms with E-state index in [1.807, 2.05) is 41.9 Å². The van der Waals surface area contributed by atoms with Crippen molar-refractivity contribution in [2.75, 3.05) is 37.8 Å². The first-order valence-electron chi connectivity index (χ1n) is 9.08. The fraction of sp³-hybridized carbons (Fsp3) is 0.350. The number of morpholine rings is 1. The van der Waals surface area contributed by atoms with E-state index in [0.29, 0.717) is 31.3 Å². The van der Waals surface area contributed by atoms with Crippen molar-refractivity contribution >= 4 is 16.9 Å². The number of hydrogen-bond acceptors (Lipinski definition) is 6. The molecule has 0 aliphatic carbocycles. The fourth-order valence-electron chi connectivity index (χ4n) is 3.21. The molecule has 138 valence electrons. The van der Waals surface area contributed by atoms with Gasteiger partial charge in [0.2, 0.25) is 0 Å². The summed E-state index contributed by atoms with van der Waals surface area (Å²) in [5.41, 5.74) is 2.32. The van der Waals surface area contributed by atoms with Crippen LogP contribution in [0.1, 0.15) is 12.6 Å². The second kappa shape index (κ2) is 7.74. The number of ether oxygens (including phenoxy) is 1. The molecule has 0 spiro atoms. The summed E-state index contributed by atoms with van der Waals surface area (Å²) in [6.07, 6.45) is 0. The van der Waals surface area contributed by atoms with Gasteiger partial charge in [0.1, 0.15) is 18.1 Å². The predicted octanol–water partition coefficient (Wildman–Crippen LogP) is 1.69. The molecule has 1 aliphatic heterocycles. The van der Waals surface area contributed by atoms with E-state index in [9.17, 15) is 0 Å². The molecule has 7 nitrogen and oxygen atoms in total. The number of anilines is 1. The monoisotopic (exact) mass is 363 g/mol. The number of nitrogens with zero attached hydrogens (tertiary/aromatic N) is 5. The average Bonchev–Trinajstić information content (AvgIpc) is 3.10. The summed E-state index contributed by atoms with van der Waals surface area (Å²) in [5, 5.41) is 14.5. The molecule has 1 aliphatic rings. The molecule has 0 bridgehead atoms. The van der Waals surface area contributed by atoms with E-state index in [4.69, 9.17) is 19.8 Å². The minimum absolute atomic E-state index is 0.212. The molecule has 4 rings (SSSR count). The second-order valence-electron chi connectivity index (χ2n) is 6.16. The van der Waals surface area contributed by atoms with Crippen LogP contribution in [0.4, 0.5) is 5.82 Å². The van der Waals surface area contributed by atoms with Gasteiger partial charge in [-0.1, -0.05) is 36.3 Å². The lowest BCUT2D eigenvalue weighted by Crippen LogP contribution is -2.37. The Labute approximate surface area is 157 Å². The van der Waals surface area contributed by atoms with Crippen LogP contribution in [0.25, 0.3) is 22.4 Å². The minimum atomic E-state index is -0.212. The summed E-state index contributed by atoms with van der Waals surface area (Å²) in [6.45, 7) is 5.31. The number of aliphatic hydroxyl groups excluding tert-OH is 1. The van der Waals surface area contributed by atoms with Gasteiger partial charge in [-0.3, -0.25) is 0 Å². The fourth-order valence-corrected chi connectivity index (χ4v) is 3.21. The Hall–Kier alpha value is -2.95. The Balaban J connectivity index is 1.98. The zero-order chi connectivity index (χ0) is 18.6. The maximum atomic E-state index is 9.11. The van der Waals surface area contributed by atoms with Gasteiger partial charge in [-0.25, -0.2) is 14.6 Å². The van der Waals surface area contributed by atoms with E-state index in [1.54, 1.807) is 0 Å². The minimum Gasteiger partial charge on any atom is -0.384 e. The van der Waals surface area contributed by atoms with Crippen LogP contribution in [-0.4, -0.2) is 57.8 Å². The molecule has 2 aromatic heterocycles. The highest BCUT2D eigenvalue weighted by molar-refractivity contribution is 5.93. The van der Waals surface area contributed by atoms with Gasteiger partial charge in [-0.2, -0.15) is 5.10 Å². The summed E-state index contributed by atoms with van der Waals surface area (Å²) in [4.78, 5) is 11.9. The SMILES string of the molecule is CCn1nc(C#CCO)c2c(N3CCOCC3)nc(-c3ccccc3)nc21. The zero-order valence-corrected chi connectivity index (χ0v) is 15.2. The third-order valence-corrected chi connectivity index (χ3v) is 4.50. The molecule has 0 saturated carbocycles. The number of benzene rings is 1. The number of fused-ring (bicyclic) bond motifs is 1. The number of aromatic nitrogens is 4. The van der Waals surface area contributed by atoms with Crippen molar-refractivity contribution < 1.29 is 9.84 Å². The van der Waals surface area contributed by atoms with Gasteiger partial charge in [-0.15, -0.1) is 0 Å². The first kappa shape index (κ1) is 17.5. The van der Waals surface area contributed by atoms with Crippen LogP contribution < -0.4 is 4.90 Å². The molecule has 1 saturated heterocycles. The summed E-state index contributed by atoms with van der Waals surface area (Å²) in [7, 11) is 0. The van der Waals surface area contributed by atoms with Crippen molar-refractivity contribution in [1.29, 1.82) is 0 Å². The summed E-state index contributed by atoms with van der Waals surface area (Å²) in [6, 6.07) is 9.94. The smallest absolute Gasteiger partial charge is 0.165 e. The molecular weight excluding hydrogens is 342 g/mol.